The lowest BCUT2D eigenvalue weighted by Gasteiger charge is -2.24. The third kappa shape index (κ3) is 5.42. The van der Waals surface area contributed by atoms with Gasteiger partial charge < -0.3 is 10.5 Å². The Morgan fingerprint density at radius 1 is 1.45 bits per heavy atom. The largest absolute Gasteiger partial charge is 0.377 e. The zero-order chi connectivity index (χ0) is 15.9. The number of amides is 3. The van der Waals surface area contributed by atoms with Crippen molar-refractivity contribution in [3.63, 3.8) is 0 Å². The summed E-state index contributed by atoms with van der Waals surface area (Å²) in [6, 6.07) is 5.32. The molecule has 7 heteroatoms. The molecule has 0 saturated carbocycles. The number of imide groups is 1. The van der Waals surface area contributed by atoms with Crippen LogP contribution in [-0.4, -0.2) is 42.6 Å². The van der Waals surface area contributed by atoms with Gasteiger partial charge in [-0.05, 0) is 30.5 Å². The Bertz CT molecular complexity index is 533. The van der Waals surface area contributed by atoms with E-state index >= 15 is 0 Å². The molecule has 0 radical (unpaired) electrons. The van der Waals surface area contributed by atoms with Gasteiger partial charge in [0.1, 0.15) is 5.82 Å². The first-order valence-corrected chi connectivity index (χ1v) is 7.20. The Morgan fingerprint density at radius 2 is 2.27 bits per heavy atom. The van der Waals surface area contributed by atoms with Crippen molar-refractivity contribution >= 4 is 11.9 Å². The van der Waals surface area contributed by atoms with E-state index in [-0.39, 0.29) is 18.5 Å². The Hall–Kier alpha value is -1.99. The summed E-state index contributed by atoms with van der Waals surface area (Å²) < 4.78 is 18.8. The summed E-state index contributed by atoms with van der Waals surface area (Å²) in [5.74, 6) is -0.807. The molecule has 1 saturated heterocycles. The highest BCUT2D eigenvalue weighted by atomic mass is 19.1. The molecule has 0 aromatic heterocycles. The third-order valence-electron chi connectivity index (χ3n) is 3.41. The Labute approximate surface area is 128 Å². The predicted molar refractivity (Wildman–Crippen MR) is 78.4 cm³/mol. The van der Waals surface area contributed by atoms with Gasteiger partial charge in [0.25, 0.3) is 0 Å². The first kappa shape index (κ1) is 16.4. The van der Waals surface area contributed by atoms with E-state index in [1.807, 2.05) is 10.2 Å². The predicted octanol–water partition coefficient (Wildman–Crippen LogP) is 1.00. The van der Waals surface area contributed by atoms with Crippen LogP contribution in [-0.2, 0) is 16.1 Å². The molecule has 1 aliphatic rings. The van der Waals surface area contributed by atoms with Gasteiger partial charge in [0, 0.05) is 19.7 Å². The fourth-order valence-corrected chi connectivity index (χ4v) is 2.53. The van der Waals surface area contributed by atoms with Crippen LogP contribution < -0.4 is 11.1 Å². The molecule has 1 aliphatic heterocycles. The summed E-state index contributed by atoms with van der Waals surface area (Å²) in [5.41, 5.74) is 5.70. The van der Waals surface area contributed by atoms with Crippen molar-refractivity contribution in [1.29, 1.82) is 0 Å². The molecule has 3 amide bonds. The summed E-state index contributed by atoms with van der Waals surface area (Å²) in [7, 11) is 0. The average molecular weight is 309 g/mol. The van der Waals surface area contributed by atoms with Gasteiger partial charge >= 0.3 is 6.03 Å². The van der Waals surface area contributed by atoms with Gasteiger partial charge in [-0.2, -0.15) is 0 Å². The van der Waals surface area contributed by atoms with Gasteiger partial charge in [0.15, 0.2) is 0 Å². The molecule has 1 aromatic carbocycles. The maximum atomic E-state index is 13.3. The van der Waals surface area contributed by atoms with Crippen LogP contribution in [0.25, 0.3) is 0 Å². The second-order valence-electron chi connectivity index (χ2n) is 5.35. The van der Waals surface area contributed by atoms with E-state index in [1.54, 1.807) is 12.1 Å². The maximum absolute atomic E-state index is 13.3. The van der Waals surface area contributed by atoms with Crippen LogP contribution in [0.4, 0.5) is 9.18 Å². The van der Waals surface area contributed by atoms with Gasteiger partial charge in [-0.3, -0.25) is 15.0 Å². The average Bonchev–Trinajstić information content (AvgIpc) is 2.90. The van der Waals surface area contributed by atoms with Crippen LogP contribution in [0.3, 0.4) is 0 Å². The van der Waals surface area contributed by atoms with Gasteiger partial charge in [-0.25, -0.2) is 9.18 Å². The van der Waals surface area contributed by atoms with Crippen molar-refractivity contribution in [1.82, 2.24) is 10.2 Å². The number of nitrogens with zero attached hydrogens (tertiary/aromatic N) is 1. The molecule has 3 N–H and O–H groups in total. The lowest BCUT2D eigenvalue weighted by molar-refractivity contribution is -0.121. The number of rotatable bonds is 6. The topological polar surface area (TPSA) is 84.7 Å². The molecule has 1 fully saturated rings. The Kier molecular flexibility index (Phi) is 5.85. The standard InChI is InChI=1S/C15H20FN3O3/c16-12-4-1-3-11(7-12)8-19(9-13-5-2-6-22-13)10-14(20)18-15(17)21/h1,3-4,7,13H,2,5-6,8-10H2,(H3,17,18,20,21)/t13-/m1/s1. The summed E-state index contributed by atoms with van der Waals surface area (Å²) in [6.45, 7) is 1.65. The molecule has 6 nitrogen and oxygen atoms in total. The van der Waals surface area contributed by atoms with Crippen LogP contribution in [0.1, 0.15) is 18.4 Å². The summed E-state index contributed by atoms with van der Waals surface area (Å²) in [5, 5.41) is 2.04. The lowest BCUT2D eigenvalue weighted by Crippen LogP contribution is -2.44. The zero-order valence-electron chi connectivity index (χ0n) is 12.3. The van der Waals surface area contributed by atoms with Crippen molar-refractivity contribution in [3.8, 4) is 0 Å². The number of urea groups is 1. The van der Waals surface area contributed by atoms with Gasteiger partial charge in [-0.1, -0.05) is 12.1 Å². The second-order valence-corrected chi connectivity index (χ2v) is 5.35. The van der Waals surface area contributed by atoms with Crippen LogP contribution in [0.15, 0.2) is 24.3 Å². The van der Waals surface area contributed by atoms with Crippen molar-refractivity contribution in [2.45, 2.75) is 25.5 Å². The monoisotopic (exact) mass is 309 g/mol. The van der Waals surface area contributed by atoms with Crippen LogP contribution >= 0.6 is 0 Å². The summed E-state index contributed by atoms with van der Waals surface area (Å²) in [6.07, 6.45) is 1.97. The van der Waals surface area contributed by atoms with E-state index in [1.165, 1.54) is 12.1 Å². The highest BCUT2D eigenvalue weighted by Gasteiger charge is 2.21. The van der Waals surface area contributed by atoms with E-state index in [0.29, 0.717) is 19.7 Å². The molecule has 0 unspecified atom stereocenters. The third-order valence-corrected chi connectivity index (χ3v) is 3.41. The quantitative estimate of drug-likeness (QED) is 0.821. The molecular weight excluding hydrogens is 289 g/mol. The second kappa shape index (κ2) is 7.86. The SMILES string of the molecule is NC(=O)NC(=O)CN(Cc1cccc(F)c1)C[C@H]1CCCO1. The summed E-state index contributed by atoms with van der Waals surface area (Å²) in [4.78, 5) is 24.3. The molecule has 1 heterocycles. The molecule has 120 valence electrons. The van der Waals surface area contributed by atoms with Crippen molar-refractivity contribution < 1.29 is 18.7 Å². The van der Waals surface area contributed by atoms with E-state index in [4.69, 9.17) is 10.5 Å². The minimum atomic E-state index is -0.882. The zero-order valence-corrected chi connectivity index (χ0v) is 12.3. The number of nitrogens with two attached hydrogens (primary N) is 1. The number of benzene rings is 1. The number of halogens is 1. The fourth-order valence-electron chi connectivity index (χ4n) is 2.53. The number of carbonyl (C=O) groups excluding carboxylic acids is 2. The van der Waals surface area contributed by atoms with Crippen molar-refractivity contribution in [3.05, 3.63) is 35.6 Å². The van der Waals surface area contributed by atoms with E-state index in [2.05, 4.69) is 0 Å². The molecule has 0 bridgehead atoms. The van der Waals surface area contributed by atoms with E-state index in [0.717, 1.165) is 18.4 Å². The normalized spacial score (nSPS) is 17.6. The highest BCUT2D eigenvalue weighted by molar-refractivity contribution is 5.94. The smallest absolute Gasteiger partial charge is 0.318 e. The highest BCUT2D eigenvalue weighted by Crippen LogP contribution is 2.15. The van der Waals surface area contributed by atoms with E-state index in [9.17, 15) is 14.0 Å². The minimum absolute atomic E-state index is 0.000681. The maximum Gasteiger partial charge on any atom is 0.318 e. The van der Waals surface area contributed by atoms with Crippen LogP contribution in [0.2, 0.25) is 0 Å². The first-order chi connectivity index (χ1) is 10.5. The van der Waals surface area contributed by atoms with Gasteiger partial charge in [-0.15, -0.1) is 0 Å². The number of hydrogen-bond donors (Lipinski definition) is 2. The molecule has 1 atom stereocenters. The molecule has 0 spiro atoms. The number of primary amides is 1. The molecule has 0 aliphatic carbocycles. The number of nitrogens with one attached hydrogen (secondary N) is 1. The van der Waals surface area contributed by atoms with Crippen molar-refractivity contribution in [2.24, 2.45) is 5.73 Å². The van der Waals surface area contributed by atoms with E-state index < -0.39 is 11.9 Å². The lowest BCUT2D eigenvalue weighted by atomic mass is 10.1. The number of carbonyl (C=O) groups is 2. The Morgan fingerprint density at radius 3 is 2.91 bits per heavy atom. The molecule has 1 aromatic rings. The summed E-state index contributed by atoms with van der Waals surface area (Å²) >= 11 is 0. The fraction of sp³-hybridized carbons (Fsp3) is 0.467. The Balaban J connectivity index is 1.99. The van der Waals surface area contributed by atoms with Gasteiger partial charge in [0.2, 0.25) is 5.91 Å². The first-order valence-electron chi connectivity index (χ1n) is 7.20. The molecule has 22 heavy (non-hydrogen) atoms. The minimum Gasteiger partial charge on any atom is -0.377 e. The number of hydrogen-bond acceptors (Lipinski definition) is 4. The van der Waals surface area contributed by atoms with Crippen LogP contribution in [0, 0.1) is 5.82 Å². The molecule has 2 rings (SSSR count). The number of ether oxygens (including phenoxy) is 1. The molecular formula is C15H20FN3O3. The van der Waals surface area contributed by atoms with Gasteiger partial charge in [0.05, 0.1) is 12.6 Å². The van der Waals surface area contributed by atoms with Crippen molar-refractivity contribution in [2.75, 3.05) is 19.7 Å². The van der Waals surface area contributed by atoms with Crippen LogP contribution in [0.5, 0.6) is 0 Å².